The number of aromatic nitrogens is 1. The number of nitrogens with zero attached hydrogens (tertiary/aromatic N) is 1. The average Bonchev–Trinajstić information content (AvgIpc) is 2.98. The zero-order valence-corrected chi connectivity index (χ0v) is 12.8. The minimum Gasteiger partial charge on any atom is -0.427 e. The number of hydrogen-bond donors (Lipinski definition) is 1. The van der Waals surface area contributed by atoms with Crippen molar-refractivity contribution in [1.29, 1.82) is 0 Å². The molecule has 3 aromatic rings. The van der Waals surface area contributed by atoms with E-state index in [9.17, 15) is 4.79 Å². The first kappa shape index (κ1) is 14.3. The number of benzene rings is 2. The predicted octanol–water partition coefficient (Wildman–Crippen LogP) is 4.48. The first-order valence-corrected chi connectivity index (χ1v) is 7.65. The van der Waals surface area contributed by atoms with Gasteiger partial charge in [-0.15, -0.1) is 11.3 Å². The second kappa shape index (κ2) is 6.41. The molecular weight excluding hydrogens is 296 g/mol. The van der Waals surface area contributed by atoms with E-state index in [-0.39, 0.29) is 5.97 Å². The predicted molar refractivity (Wildman–Crippen MR) is 88.6 cm³/mol. The van der Waals surface area contributed by atoms with Gasteiger partial charge in [0.25, 0.3) is 0 Å². The van der Waals surface area contributed by atoms with Crippen molar-refractivity contribution < 1.29 is 9.53 Å². The van der Waals surface area contributed by atoms with Gasteiger partial charge in [0, 0.05) is 23.6 Å². The van der Waals surface area contributed by atoms with Crippen molar-refractivity contribution in [2.24, 2.45) is 0 Å². The molecule has 0 spiro atoms. The molecule has 0 fully saturated rings. The van der Waals surface area contributed by atoms with E-state index >= 15 is 0 Å². The molecule has 0 aliphatic heterocycles. The Balaban J connectivity index is 1.71. The molecule has 110 valence electrons. The van der Waals surface area contributed by atoms with Crippen LogP contribution in [-0.2, 0) is 4.79 Å². The molecule has 0 aliphatic carbocycles. The van der Waals surface area contributed by atoms with Gasteiger partial charge in [-0.25, -0.2) is 4.98 Å². The Bertz CT molecular complexity index is 767. The fraction of sp³-hybridized carbons (Fsp3) is 0.0588. The summed E-state index contributed by atoms with van der Waals surface area (Å²) in [5, 5.41) is 6.08. The number of nitrogens with one attached hydrogen (secondary N) is 1. The van der Waals surface area contributed by atoms with Crippen LogP contribution in [0.1, 0.15) is 6.92 Å². The quantitative estimate of drug-likeness (QED) is 0.570. The first-order chi connectivity index (χ1) is 10.7. The Morgan fingerprint density at radius 1 is 1.09 bits per heavy atom. The number of carbonyl (C=O) groups is 1. The number of rotatable bonds is 4. The fourth-order valence-electron chi connectivity index (χ4n) is 1.97. The van der Waals surface area contributed by atoms with Crippen LogP contribution in [0.15, 0.2) is 60.0 Å². The van der Waals surface area contributed by atoms with Gasteiger partial charge in [0.2, 0.25) is 0 Å². The summed E-state index contributed by atoms with van der Waals surface area (Å²) in [6, 6.07) is 17.2. The molecule has 1 heterocycles. The number of thiazole rings is 1. The maximum absolute atomic E-state index is 10.9. The Hall–Kier alpha value is -2.66. The minimum atomic E-state index is -0.326. The molecule has 0 saturated carbocycles. The largest absolute Gasteiger partial charge is 0.427 e. The van der Waals surface area contributed by atoms with Gasteiger partial charge in [-0.2, -0.15) is 0 Å². The lowest BCUT2D eigenvalue weighted by molar-refractivity contribution is -0.131. The van der Waals surface area contributed by atoms with Crippen LogP contribution in [0.3, 0.4) is 0 Å². The normalized spacial score (nSPS) is 10.2. The van der Waals surface area contributed by atoms with Gasteiger partial charge in [0.05, 0.1) is 5.69 Å². The second-order valence-electron chi connectivity index (χ2n) is 4.65. The van der Waals surface area contributed by atoms with Crippen LogP contribution < -0.4 is 10.1 Å². The van der Waals surface area contributed by atoms with Crippen LogP contribution in [0.4, 0.5) is 10.8 Å². The topological polar surface area (TPSA) is 51.2 Å². The summed E-state index contributed by atoms with van der Waals surface area (Å²) < 4.78 is 5.00. The highest BCUT2D eigenvalue weighted by molar-refractivity contribution is 7.14. The smallest absolute Gasteiger partial charge is 0.308 e. The number of hydrogen-bond acceptors (Lipinski definition) is 5. The van der Waals surface area contributed by atoms with Crippen LogP contribution in [0, 0.1) is 0 Å². The second-order valence-corrected chi connectivity index (χ2v) is 5.51. The van der Waals surface area contributed by atoms with E-state index in [0.717, 1.165) is 22.1 Å². The third-order valence-corrected chi connectivity index (χ3v) is 3.70. The molecule has 2 aromatic carbocycles. The minimum absolute atomic E-state index is 0.326. The van der Waals surface area contributed by atoms with Gasteiger partial charge in [0.15, 0.2) is 5.13 Å². The van der Waals surface area contributed by atoms with Crippen LogP contribution in [0.5, 0.6) is 5.75 Å². The highest BCUT2D eigenvalue weighted by atomic mass is 32.1. The van der Waals surface area contributed by atoms with Crippen LogP contribution in [0.2, 0.25) is 0 Å². The third-order valence-electron chi connectivity index (χ3n) is 2.94. The van der Waals surface area contributed by atoms with Crippen molar-refractivity contribution in [3.8, 4) is 17.0 Å². The lowest BCUT2D eigenvalue weighted by atomic mass is 10.2. The molecule has 0 aliphatic rings. The first-order valence-electron chi connectivity index (χ1n) is 6.77. The van der Waals surface area contributed by atoms with E-state index in [1.165, 1.54) is 6.92 Å². The standard InChI is InChI=1S/C17H14N2O2S/c1-12(20)21-15-9-7-14(8-10-15)18-17-19-16(11-22-17)13-5-3-2-4-6-13/h2-11H,1H3,(H,18,19). The molecule has 1 aromatic heterocycles. The number of ether oxygens (including phenoxy) is 1. The number of carbonyl (C=O) groups excluding carboxylic acids is 1. The molecule has 1 N–H and O–H groups in total. The number of esters is 1. The zero-order chi connectivity index (χ0) is 15.4. The zero-order valence-electron chi connectivity index (χ0n) is 11.9. The van der Waals surface area contributed by atoms with Gasteiger partial charge in [-0.3, -0.25) is 4.79 Å². The Morgan fingerprint density at radius 2 is 1.82 bits per heavy atom. The van der Waals surface area contributed by atoms with Crippen LogP contribution >= 0.6 is 11.3 Å². The molecule has 0 saturated heterocycles. The third kappa shape index (κ3) is 3.51. The molecular formula is C17H14N2O2S. The van der Waals surface area contributed by atoms with E-state index in [0.29, 0.717) is 5.75 Å². The molecule has 0 radical (unpaired) electrons. The van der Waals surface area contributed by atoms with E-state index in [4.69, 9.17) is 4.74 Å². The molecule has 4 nitrogen and oxygen atoms in total. The summed E-state index contributed by atoms with van der Waals surface area (Å²) in [5.41, 5.74) is 2.94. The van der Waals surface area contributed by atoms with Crippen molar-refractivity contribution in [2.45, 2.75) is 6.92 Å². The summed E-state index contributed by atoms with van der Waals surface area (Å²) in [7, 11) is 0. The highest BCUT2D eigenvalue weighted by Gasteiger charge is 2.05. The fourth-order valence-corrected chi connectivity index (χ4v) is 2.71. The SMILES string of the molecule is CC(=O)Oc1ccc(Nc2nc(-c3ccccc3)cs2)cc1. The lowest BCUT2D eigenvalue weighted by Crippen LogP contribution is -2.01. The number of anilines is 2. The molecule has 3 rings (SSSR count). The van der Waals surface area contributed by atoms with Crippen molar-refractivity contribution >= 4 is 28.1 Å². The Labute approximate surface area is 132 Å². The van der Waals surface area contributed by atoms with Gasteiger partial charge in [-0.1, -0.05) is 30.3 Å². The molecule has 5 heteroatoms. The van der Waals surface area contributed by atoms with Crippen molar-refractivity contribution in [3.63, 3.8) is 0 Å². The van der Waals surface area contributed by atoms with Crippen molar-refractivity contribution in [3.05, 3.63) is 60.0 Å². The Kier molecular flexibility index (Phi) is 4.16. The highest BCUT2D eigenvalue weighted by Crippen LogP contribution is 2.27. The molecule has 0 unspecified atom stereocenters. The van der Waals surface area contributed by atoms with Crippen LogP contribution in [0.25, 0.3) is 11.3 Å². The van der Waals surface area contributed by atoms with Crippen LogP contribution in [-0.4, -0.2) is 11.0 Å². The summed E-state index contributed by atoms with van der Waals surface area (Å²) in [5.74, 6) is 0.204. The van der Waals surface area contributed by atoms with Gasteiger partial charge < -0.3 is 10.1 Å². The Morgan fingerprint density at radius 3 is 2.50 bits per heavy atom. The maximum Gasteiger partial charge on any atom is 0.308 e. The molecule has 22 heavy (non-hydrogen) atoms. The molecule has 0 bridgehead atoms. The lowest BCUT2D eigenvalue weighted by Gasteiger charge is -2.04. The summed E-state index contributed by atoms with van der Waals surface area (Å²) in [4.78, 5) is 15.4. The van der Waals surface area contributed by atoms with E-state index in [1.807, 2.05) is 47.8 Å². The van der Waals surface area contributed by atoms with E-state index in [2.05, 4.69) is 10.3 Å². The van der Waals surface area contributed by atoms with Gasteiger partial charge >= 0.3 is 5.97 Å². The van der Waals surface area contributed by atoms with E-state index in [1.54, 1.807) is 23.5 Å². The van der Waals surface area contributed by atoms with E-state index < -0.39 is 0 Å². The summed E-state index contributed by atoms with van der Waals surface area (Å²) in [6.45, 7) is 1.38. The molecule has 0 amide bonds. The summed E-state index contributed by atoms with van der Waals surface area (Å²) >= 11 is 1.55. The van der Waals surface area contributed by atoms with Crippen molar-refractivity contribution in [1.82, 2.24) is 4.98 Å². The monoisotopic (exact) mass is 310 g/mol. The van der Waals surface area contributed by atoms with Gasteiger partial charge in [-0.05, 0) is 24.3 Å². The summed E-state index contributed by atoms with van der Waals surface area (Å²) in [6.07, 6.45) is 0. The average molecular weight is 310 g/mol. The van der Waals surface area contributed by atoms with Crippen molar-refractivity contribution in [2.75, 3.05) is 5.32 Å². The maximum atomic E-state index is 10.9. The van der Waals surface area contributed by atoms with Gasteiger partial charge in [0.1, 0.15) is 5.75 Å². The molecule has 0 atom stereocenters.